The molecule has 0 spiro atoms. The van der Waals surface area contributed by atoms with Gasteiger partial charge < -0.3 is 8.98 Å². The summed E-state index contributed by atoms with van der Waals surface area (Å²) in [4.78, 5) is 11.7. The Bertz CT molecular complexity index is 1160. The number of hydrogen-bond donors (Lipinski definition) is 0. The Labute approximate surface area is 171 Å². The van der Waals surface area contributed by atoms with Crippen molar-refractivity contribution in [3.05, 3.63) is 34.9 Å². The van der Waals surface area contributed by atoms with Gasteiger partial charge in [0.2, 0.25) is 0 Å². The van der Waals surface area contributed by atoms with Gasteiger partial charge in [0, 0.05) is 16.8 Å². The van der Waals surface area contributed by atoms with Crippen molar-refractivity contribution in [2.24, 2.45) is 5.92 Å². The summed E-state index contributed by atoms with van der Waals surface area (Å²) in [5.41, 5.74) is 2.42. The Balaban J connectivity index is 1.58. The summed E-state index contributed by atoms with van der Waals surface area (Å²) in [7, 11) is 0. The molecule has 4 aromatic rings. The number of thiophene rings is 1. The summed E-state index contributed by atoms with van der Waals surface area (Å²) in [5, 5.41) is 12.0. The first-order valence-corrected chi connectivity index (χ1v) is 11.2. The fourth-order valence-corrected chi connectivity index (χ4v) is 6.29. The topological polar surface area (TPSA) is 69.6 Å². The van der Waals surface area contributed by atoms with Gasteiger partial charge in [0.25, 0.3) is 0 Å². The molecule has 0 aliphatic heterocycles. The summed E-state index contributed by atoms with van der Waals surface area (Å²) in [5.74, 6) is 2.43. The highest BCUT2D eigenvalue weighted by Crippen LogP contribution is 2.42. The van der Waals surface area contributed by atoms with Crippen LogP contribution in [0.4, 0.5) is 0 Å². The third-order valence-electron chi connectivity index (χ3n) is 5.38. The van der Waals surface area contributed by atoms with E-state index in [0.29, 0.717) is 0 Å². The Hall–Kier alpha value is -2.19. The molecule has 4 heterocycles. The number of aryl methyl sites for hydroxylation is 2. The van der Waals surface area contributed by atoms with E-state index >= 15 is 0 Å². The molecule has 0 fully saturated rings. The Morgan fingerprint density at radius 3 is 3.00 bits per heavy atom. The first-order valence-electron chi connectivity index (χ1n) is 9.56. The maximum Gasteiger partial charge on any atom is 0.197 e. The normalized spacial score (nSPS) is 16.6. The SMILES string of the molecule is CCn1c(Sc2ncnc3sc4c(c23)CCC(C)C4)nnc1-c1ccoc1C. The van der Waals surface area contributed by atoms with Crippen molar-refractivity contribution in [3.63, 3.8) is 0 Å². The van der Waals surface area contributed by atoms with Crippen molar-refractivity contribution in [2.45, 2.75) is 56.8 Å². The fraction of sp³-hybridized carbons (Fsp3) is 0.400. The second kappa shape index (κ2) is 7.00. The first-order chi connectivity index (χ1) is 13.7. The molecule has 0 saturated heterocycles. The van der Waals surface area contributed by atoms with E-state index < -0.39 is 0 Å². The lowest BCUT2D eigenvalue weighted by Crippen LogP contribution is -2.08. The highest BCUT2D eigenvalue weighted by Gasteiger charge is 2.25. The molecule has 1 unspecified atom stereocenters. The largest absolute Gasteiger partial charge is 0.469 e. The molecule has 0 aromatic carbocycles. The van der Waals surface area contributed by atoms with Crippen LogP contribution < -0.4 is 0 Å². The number of rotatable bonds is 4. The lowest BCUT2D eigenvalue weighted by molar-refractivity contribution is 0.509. The molecule has 0 radical (unpaired) electrons. The van der Waals surface area contributed by atoms with Crippen LogP contribution in [0.1, 0.15) is 36.5 Å². The molecule has 0 bridgehead atoms. The van der Waals surface area contributed by atoms with Gasteiger partial charge in [-0.25, -0.2) is 9.97 Å². The van der Waals surface area contributed by atoms with Gasteiger partial charge >= 0.3 is 0 Å². The van der Waals surface area contributed by atoms with Crippen molar-refractivity contribution >= 4 is 33.3 Å². The highest BCUT2D eigenvalue weighted by molar-refractivity contribution is 7.99. The molecule has 1 aliphatic rings. The van der Waals surface area contributed by atoms with Crippen LogP contribution in [0, 0.1) is 12.8 Å². The third-order valence-corrected chi connectivity index (χ3v) is 7.53. The van der Waals surface area contributed by atoms with E-state index in [4.69, 9.17) is 4.42 Å². The second-order valence-corrected chi connectivity index (χ2v) is 9.29. The predicted octanol–water partition coefficient (Wildman–Crippen LogP) is 5.15. The smallest absolute Gasteiger partial charge is 0.197 e. The van der Waals surface area contributed by atoms with Gasteiger partial charge in [0.15, 0.2) is 11.0 Å². The van der Waals surface area contributed by atoms with Gasteiger partial charge in [-0.2, -0.15) is 0 Å². The van der Waals surface area contributed by atoms with Gasteiger partial charge in [0.05, 0.1) is 11.8 Å². The number of nitrogens with zero attached hydrogens (tertiary/aromatic N) is 5. The summed E-state index contributed by atoms with van der Waals surface area (Å²) in [6.45, 7) is 7.17. The van der Waals surface area contributed by atoms with E-state index in [2.05, 4.69) is 38.6 Å². The van der Waals surface area contributed by atoms with Crippen molar-refractivity contribution in [2.75, 3.05) is 0 Å². The molecular formula is C20H21N5OS2. The Kier molecular flexibility index (Phi) is 4.47. The summed E-state index contributed by atoms with van der Waals surface area (Å²) < 4.78 is 7.58. The highest BCUT2D eigenvalue weighted by atomic mass is 32.2. The second-order valence-electron chi connectivity index (χ2n) is 7.25. The van der Waals surface area contributed by atoms with Crippen molar-refractivity contribution in [1.82, 2.24) is 24.7 Å². The van der Waals surface area contributed by atoms with Crippen LogP contribution >= 0.6 is 23.1 Å². The molecule has 6 nitrogen and oxygen atoms in total. The number of furan rings is 1. The standard InChI is InChI=1S/C20H21N5OS2/c1-4-25-17(13-7-8-26-12(13)3)23-24-20(25)28-19-16-14-6-5-11(2)9-15(14)27-18(16)21-10-22-19/h7-8,10-11H,4-6,9H2,1-3H3. The molecule has 0 amide bonds. The van der Waals surface area contributed by atoms with Gasteiger partial charge in [-0.1, -0.05) is 6.92 Å². The van der Waals surface area contributed by atoms with Crippen LogP contribution in [0.2, 0.25) is 0 Å². The molecule has 144 valence electrons. The van der Waals surface area contributed by atoms with Crippen molar-refractivity contribution in [3.8, 4) is 11.4 Å². The Morgan fingerprint density at radius 1 is 1.32 bits per heavy atom. The van der Waals surface area contributed by atoms with E-state index in [9.17, 15) is 0 Å². The fourth-order valence-electron chi connectivity index (χ4n) is 3.88. The van der Waals surface area contributed by atoms with Gasteiger partial charge in [-0.15, -0.1) is 21.5 Å². The zero-order valence-electron chi connectivity index (χ0n) is 16.1. The van der Waals surface area contributed by atoms with Gasteiger partial charge in [0.1, 0.15) is 21.9 Å². The molecular weight excluding hydrogens is 390 g/mol. The third kappa shape index (κ3) is 2.86. The minimum absolute atomic E-state index is 0.744. The van der Waals surface area contributed by atoms with Crippen LogP contribution in [0.3, 0.4) is 0 Å². The predicted molar refractivity (Wildman–Crippen MR) is 111 cm³/mol. The molecule has 8 heteroatoms. The molecule has 0 saturated carbocycles. The monoisotopic (exact) mass is 411 g/mol. The van der Waals surface area contributed by atoms with E-state index in [1.165, 1.54) is 22.2 Å². The van der Waals surface area contributed by atoms with Crippen molar-refractivity contribution in [1.29, 1.82) is 0 Å². The first kappa shape index (κ1) is 17.9. The van der Waals surface area contributed by atoms with E-state index in [1.54, 1.807) is 24.4 Å². The van der Waals surface area contributed by atoms with E-state index in [0.717, 1.165) is 57.5 Å². The summed E-state index contributed by atoms with van der Waals surface area (Å²) in [6, 6.07) is 1.94. The maximum absolute atomic E-state index is 5.46. The minimum atomic E-state index is 0.744. The molecule has 0 N–H and O–H groups in total. The van der Waals surface area contributed by atoms with Crippen molar-refractivity contribution < 1.29 is 4.42 Å². The molecule has 28 heavy (non-hydrogen) atoms. The molecule has 4 aromatic heterocycles. The zero-order chi connectivity index (χ0) is 19.3. The molecule has 5 rings (SSSR count). The maximum atomic E-state index is 5.46. The summed E-state index contributed by atoms with van der Waals surface area (Å²) >= 11 is 3.41. The van der Waals surface area contributed by atoms with Gasteiger partial charge in [-0.05, 0) is 62.4 Å². The van der Waals surface area contributed by atoms with Crippen LogP contribution in [0.5, 0.6) is 0 Å². The van der Waals surface area contributed by atoms with Crippen LogP contribution in [0.15, 0.2) is 33.3 Å². The average Bonchev–Trinajstić information content (AvgIpc) is 3.37. The minimum Gasteiger partial charge on any atom is -0.469 e. The lowest BCUT2D eigenvalue weighted by Gasteiger charge is -2.18. The molecule has 1 aliphatic carbocycles. The summed E-state index contributed by atoms with van der Waals surface area (Å²) in [6.07, 6.45) is 6.85. The zero-order valence-corrected chi connectivity index (χ0v) is 17.7. The quantitative estimate of drug-likeness (QED) is 0.433. The average molecular weight is 412 g/mol. The van der Waals surface area contributed by atoms with Gasteiger partial charge in [-0.3, -0.25) is 0 Å². The van der Waals surface area contributed by atoms with E-state index in [1.807, 2.05) is 24.3 Å². The van der Waals surface area contributed by atoms with Crippen LogP contribution in [-0.4, -0.2) is 24.7 Å². The van der Waals surface area contributed by atoms with Crippen LogP contribution in [-0.2, 0) is 19.4 Å². The lowest BCUT2D eigenvalue weighted by atomic mass is 9.89. The van der Waals surface area contributed by atoms with Crippen LogP contribution in [0.25, 0.3) is 21.6 Å². The number of hydrogen-bond acceptors (Lipinski definition) is 7. The number of aromatic nitrogens is 5. The number of fused-ring (bicyclic) bond motifs is 3. The Morgan fingerprint density at radius 2 is 2.21 bits per heavy atom. The molecule has 1 atom stereocenters. The van der Waals surface area contributed by atoms with E-state index in [-0.39, 0.29) is 0 Å².